The molecular weight excluding hydrogens is 162 g/mol. The average Bonchev–Trinajstić information content (AvgIpc) is 2.41. The predicted octanol–water partition coefficient (Wildman–Crippen LogP) is 1.80. The smallest absolute Gasteiger partial charge is 0.0431 e. The number of hydrogen-bond acceptors (Lipinski definition) is 2. The van der Waals surface area contributed by atoms with Gasteiger partial charge in [-0.05, 0) is 38.6 Å². The van der Waals surface area contributed by atoms with Crippen molar-refractivity contribution < 1.29 is 5.11 Å². The zero-order valence-corrected chi connectivity index (χ0v) is 8.41. The third kappa shape index (κ3) is 5.06. The molecule has 76 valence electrons. The number of aliphatic hydroxyl groups is 1. The van der Waals surface area contributed by atoms with E-state index in [1.807, 2.05) is 0 Å². The second kappa shape index (κ2) is 7.10. The van der Waals surface area contributed by atoms with Gasteiger partial charge < -0.3 is 10.0 Å². The molecule has 0 aromatic heterocycles. The summed E-state index contributed by atoms with van der Waals surface area (Å²) in [5, 5.41) is 8.62. The maximum absolute atomic E-state index is 8.62. The number of hydrogen-bond donors (Lipinski definition) is 1. The maximum Gasteiger partial charge on any atom is 0.0431 e. The number of aliphatic hydroxyl groups excluding tert-OH is 1. The Morgan fingerprint density at radius 2 is 1.69 bits per heavy atom. The van der Waals surface area contributed by atoms with E-state index in [0.717, 1.165) is 6.42 Å². The molecule has 1 aliphatic heterocycles. The second-order valence-electron chi connectivity index (χ2n) is 3.67. The average molecular weight is 183 g/mol. The molecule has 1 heterocycles. The molecule has 0 fully saturated rings. The van der Waals surface area contributed by atoms with Gasteiger partial charge >= 0.3 is 0 Å². The zero-order valence-electron chi connectivity index (χ0n) is 8.41. The molecule has 0 saturated heterocycles. The van der Waals surface area contributed by atoms with E-state index < -0.39 is 0 Å². The fourth-order valence-electron chi connectivity index (χ4n) is 1.71. The Bertz CT molecular complexity index is 135. The van der Waals surface area contributed by atoms with E-state index in [1.165, 1.54) is 45.3 Å². The van der Waals surface area contributed by atoms with E-state index >= 15 is 0 Å². The van der Waals surface area contributed by atoms with Gasteiger partial charge in [0.15, 0.2) is 0 Å². The first-order valence-corrected chi connectivity index (χ1v) is 5.41. The monoisotopic (exact) mass is 183 g/mol. The summed E-state index contributed by atoms with van der Waals surface area (Å²) in [6.45, 7) is 3.99. The van der Waals surface area contributed by atoms with Crippen LogP contribution in [0.15, 0.2) is 12.2 Å². The summed E-state index contributed by atoms with van der Waals surface area (Å²) in [5.41, 5.74) is 0. The molecule has 0 atom stereocenters. The van der Waals surface area contributed by atoms with Gasteiger partial charge in [-0.3, -0.25) is 0 Å². The maximum atomic E-state index is 8.62. The highest BCUT2D eigenvalue weighted by Gasteiger charge is 2.04. The van der Waals surface area contributed by atoms with Crippen LogP contribution in [-0.4, -0.2) is 36.2 Å². The summed E-state index contributed by atoms with van der Waals surface area (Å²) in [5.74, 6) is 0. The summed E-state index contributed by atoms with van der Waals surface area (Å²) in [7, 11) is 0. The minimum atomic E-state index is 0.349. The lowest BCUT2D eigenvalue weighted by Crippen LogP contribution is -2.25. The van der Waals surface area contributed by atoms with Crippen LogP contribution in [0.5, 0.6) is 0 Å². The first kappa shape index (κ1) is 10.7. The summed E-state index contributed by atoms with van der Waals surface area (Å²) in [6, 6.07) is 0. The van der Waals surface area contributed by atoms with E-state index in [4.69, 9.17) is 5.11 Å². The van der Waals surface area contributed by atoms with Crippen molar-refractivity contribution >= 4 is 0 Å². The minimum absolute atomic E-state index is 0.349. The van der Waals surface area contributed by atoms with Crippen molar-refractivity contribution in [3.63, 3.8) is 0 Å². The Hall–Kier alpha value is -0.340. The van der Waals surface area contributed by atoms with Crippen molar-refractivity contribution in [2.45, 2.75) is 32.1 Å². The van der Waals surface area contributed by atoms with Crippen LogP contribution in [0.1, 0.15) is 32.1 Å². The second-order valence-corrected chi connectivity index (χ2v) is 3.67. The van der Waals surface area contributed by atoms with Gasteiger partial charge in [-0.1, -0.05) is 12.2 Å². The molecule has 0 spiro atoms. The van der Waals surface area contributed by atoms with E-state index in [-0.39, 0.29) is 0 Å². The quantitative estimate of drug-likeness (QED) is 0.519. The Kier molecular flexibility index (Phi) is 5.87. The van der Waals surface area contributed by atoms with E-state index in [0.29, 0.717) is 6.61 Å². The molecule has 0 amide bonds. The lowest BCUT2D eigenvalue weighted by atomic mass is 10.2. The van der Waals surface area contributed by atoms with Crippen LogP contribution in [0.3, 0.4) is 0 Å². The van der Waals surface area contributed by atoms with Gasteiger partial charge in [0.25, 0.3) is 0 Å². The summed E-state index contributed by atoms with van der Waals surface area (Å²) < 4.78 is 0. The van der Waals surface area contributed by atoms with Gasteiger partial charge in [0, 0.05) is 19.7 Å². The van der Waals surface area contributed by atoms with Crippen LogP contribution in [0, 0.1) is 0 Å². The van der Waals surface area contributed by atoms with Crippen LogP contribution in [0.4, 0.5) is 0 Å². The summed E-state index contributed by atoms with van der Waals surface area (Å²) in [4.78, 5) is 2.53. The van der Waals surface area contributed by atoms with E-state index in [2.05, 4.69) is 17.1 Å². The highest BCUT2D eigenvalue weighted by atomic mass is 16.2. The molecule has 0 saturated carbocycles. The third-order valence-electron chi connectivity index (χ3n) is 2.52. The van der Waals surface area contributed by atoms with Crippen molar-refractivity contribution in [2.75, 3.05) is 26.2 Å². The highest BCUT2D eigenvalue weighted by Crippen LogP contribution is 2.05. The molecule has 0 bridgehead atoms. The van der Waals surface area contributed by atoms with Crippen molar-refractivity contribution in [3.05, 3.63) is 12.2 Å². The summed E-state index contributed by atoms with van der Waals surface area (Å²) in [6.07, 6.45) is 10.4. The van der Waals surface area contributed by atoms with E-state index in [1.54, 1.807) is 0 Å². The van der Waals surface area contributed by atoms with Crippen LogP contribution < -0.4 is 0 Å². The van der Waals surface area contributed by atoms with Gasteiger partial charge in [-0.25, -0.2) is 0 Å². The van der Waals surface area contributed by atoms with Gasteiger partial charge in [0.05, 0.1) is 0 Å². The Balaban J connectivity index is 2.00. The molecule has 0 aliphatic carbocycles. The lowest BCUT2D eigenvalue weighted by Gasteiger charge is -2.19. The minimum Gasteiger partial charge on any atom is -0.396 e. The van der Waals surface area contributed by atoms with Crippen molar-refractivity contribution in [2.24, 2.45) is 0 Å². The normalized spacial score (nSPS) is 18.8. The Morgan fingerprint density at radius 3 is 2.31 bits per heavy atom. The molecule has 0 radical (unpaired) electrons. The molecule has 13 heavy (non-hydrogen) atoms. The SMILES string of the molecule is OCCCCCN1CCC=CCC1. The predicted molar refractivity (Wildman–Crippen MR) is 55.8 cm³/mol. The molecule has 1 aliphatic rings. The van der Waals surface area contributed by atoms with Gasteiger partial charge in [-0.2, -0.15) is 0 Å². The topological polar surface area (TPSA) is 23.5 Å². The highest BCUT2D eigenvalue weighted by molar-refractivity contribution is 4.86. The molecule has 1 N–H and O–H groups in total. The van der Waals surface area contributed by atoms with Crippen LogP contribution in [0.2, 0.25) is 0 Å². The molecule has 0 aromatic rings. The number of nitrogens with zero attached hydrogens (tertiary/aromatic N) is 1. The molecule has 1 rings (SSSR count). The van der Waals surface area contributed by atoms with Crippen molar-refractivity contribution in [1.29, 1.82) is 0 Å². The Morgan fingerprint density at radius 1 is 1.00 bits per heavy atom. The van der Waals surface area contributed by atoms with Gasteiger partial charge in [-0.15, -0.1) is 0 Å². The lowest BCUT2D eigenvalue weighted by molar-refractivity contribution is 0.260. The van der Waals surface area contributed by atoms with Crippen LogP contribution in [0.25, 0.3) is 0 Å². The van der Waals surface area contributed by atoms with Crippen molar-refractivity contribution in [1.82, 2.24) is 4.90 Å². The standard InChI is InChI=1S/C11H21NO/c13-11-7-3-6-10-12-8-4-1-2-5-9-12/h1-2,13H,3-11H2. The first-order chi connectivity index (χ1) is 6.43. The zero-order chi connectivity index (χ0) is 9.36. The molecule has 2 nitrogen and oxygen atoms in total. The van der Waals surface area contributed by atoms with Crippen LogP contribution in [-0.2, 0) is 0 Å². The largest absolute Gasteiger partial charge is 0.396 e. The van der Waals surface area contributed by atoms with E-state index in [9.17, 15) is 0 Å². The molecule has 2 heteroatoms. The first-order valence-electron chi connectivity index (χ1n) is 5.41. The number of unbranched alkanes of at least 4 members (excludes halogenated alkanes) is 2. The van der Waals surface area contributed by atoms with Crippen LogP contribution >= 0.6 is 0 Å². The van der Waals surface area contributed by atoms with Gasteiger partial charge in [0.2, 0.25) is 0 Å². The fourth-order valence-corrected chi connectivity index (χ4v) is 1.71. The molecule has 0 aromatic carbocycles. The summed E-state index contributed by atoms with van der Waals surface area (Å²) >= 11 is 0. The third-order valence-corrected chi connectivity index (χ3v) is 2.52. The Labute approximate surface area is 81.2 Å². The molecular formula is C11H21NO. The molecule has 0 unspecified atom stereocenters. The van der Waals surface area contributed by atoms with Crippen molar-refractivity contribution in [3.8, 4) is 0 Å². The fraction of sp³-hybridized carbons (Fsp3) is 0.818. The van der Waals surface area contributed by atoms with Gasteiger partial charge in [0.1, 0.15) is 0 Å². The number of rotatable bonds is 5.